The Morgan fingerprint density at radius 2 is 2.14 bits per heavy atom. The zero-order valence-electron chi connectivity index (χ0n) is 12.0. The van der Waals surface area contributed by atoms with Crippen LogP contribution in [0.25, 0.3) is 0 Å². The molecule has 2 atom stereocenters. The maximum Gasteiger partial charge on any atom is 0.227 e. The third kappa shape index (κ3) is 4.00. The van der Waals surface area contributed by atoms with E-state index < -0.39 is 0 Å². The van der Waals surface area contributed by atoms with Gasteiger partial charge in [-0.05, 0) is 12.5 Å². The SMILES string of the molecule is CC1COC(CO)CN1C(=O)Cc1ccc(C(N)=S)cc1. The summed E-state index contributed by atoms with van der Waals surface area (Å²) in [6.45, 7) is 2.76. The van der Waals surface area contributed by atoms with Gasteiger partial charge in [-0.25, -0.2) is 0 Å². The number of benzene rings is 1. The number of amides is 1. The lowest BCUT2D eigenvalue weighted by atomic mass is 10.1. The van der Waals surface area contributed by atoms with Gasteiger partial charge in [-0.3, -0.25) is 4.79 Å². The summed E-state index contributed by atoms with van der Waals surface area (Å²) in [5, 5.41) is 9.16. The van der Waals surface area contributed by atoms with Crippen LogP contribution in [0.1, 0.15) is 18.1 Å². The van der Waals surface area contributed by atoms with Crippen LogP contribution in [0, 0.1) is 0 Å². The van der Waals surface area contributed by atoms with Crippen LogP contribution in [-0.2, 0) is 16.0 Å². The van der Waals surface area contributed by atoms with E-state index in [9.17, 15) is 4.79 Å². The highest BCUT2D eigenvalue weighted by Crippen LogP contribution is 2.14. The van der Waals surface area contributed by atoms with E-state index in [1.165, 1.54) is 0 Å². The highest BCUT2D eigenvalue weighted by molar-refractivity contribution is 7.80. The van der Waals surface area contributed by atoms with Gasteiger partial charge in [0.2, 0.25) is 5.91 Å². The highest BCUT2D eigenvalue weighted by atomic mass is 32.1. The molecule has 1 amide bonds. The van der Waals surface area contributed by atoms with E-state index in [-0.39, 0.29) is 24.7 Å². The number of hydrogen-bond acceptors (Lipinski definition) is 4. The minimum absolute atomic E-state index is 0.0243. The number of carbonyl (C=O) groups is 1. The first kappa shape index (κ1) is 15.9. The van der Waals surface area contributed by atoms with E-state index in [0.29, 0.717) is 24.6 Å². The fourth-order valence-electron chi connectivity index (χ4n) is 2.34. The Morgan fingerprint density at radius 3 is 2.71 bits per heavy atom. The number of morpholine rings is 1. The summed E-state index contributed by atoms with van der Waals surface area (Å²) in [6, 6.07) is 7.40. The largest absolute Gasteiger partial charge is 0.394 e. The maximum absolute atomic E-state index is 12.4. The molecule has 114 valence electrons. The number of ether oxygens (including phenoxy) is 1. The van der Waals surface area contributed by atoms with E-state index >= 15 is 0 Å². The lowest BCUT2D eigenvalue weighted by molar-refractivity contribution is -0.145. The smallest absolute Gasteiger partial charge is 0.227 e. The first-order chi connectivity index (χ1) is 10.0. The lowest BCUT2D eigenvalue weighted by Gasteiger charge is -2.37. The molecule has 1 fully saturated rings. The van der Waals surface area contributed by atoms with Crippen molar-refractivity contribution in [3.05, 3.63) is 35.4 Å². The van der Waals surface area contributed by atoms with Crippen molar-refractivity contribution in [2.45, 2.75) is 25.5 Å². The third-order valence-corrected chi connectivity index (χ3v) is 3.86. The highest BCUT2D eigenvalue weighted by Gasteiger charge is 2.29. The lowest BCUT2D eigenvalue weighted by Crippen LogP contribution is -2.52. The van der Waals surface area contributed by atoms with E-state index in [1.54, 1.807) is 4.90 Å². The summed E-state index contributed by atoms with van der Waals surface area (Å²) in [6.07, 6.45) is 0.0299. The van der Waals surface area contributed by atoms with Crippen molar-refractivity contribution in [2.24, 2.45) is 5.73 Å². The molecule has 0 bridgehead atoms. The van der Waals surface area contributed by atoms with Crippen LogP contribution < -0.4 is 5.73 Å². The summed E-state index contributed by atoms with van der Waals surface area (Å²) in [7, 11) is 0. The van der Waals surface area contributed by atoms with Crippen LogP contribution in [0.3, 0.4) is 0 Å². The van der Waals surface area contributed by atoms with E-state index in [1.807, 2.05) is 31.2 Å². The molecule has 5 nitrogen and oxygen atoms in total. The van der Waals surface area contributed by atoms with Gasteiger partial charge >= 0.3 is 0 Å². The second kappa shape index (κ2) is 6.98. The Morgan fingerprint density at radius 1 is 1.48 bits per heavy atom. The summed E-state index contributed by atoms with van der Waals surface area (Å²) in [4.78, 5) is 14.5. The number of aliphatic hydroxyl groups is 1. The molecule has 1 aliphatic rings. The predicted molar refractivity (Wildman–Crippen MR) is 84.0 cm³/mol. The first-order valence-electron chi connectivity index (χ1n) is 6.92. The average molecular weight is 308 g/mol. The monoisotopic (exact) mass is 308 g/mol. The Balaban J connectivity index is 2.01. The van der Waals surface area contributed by atoms with Gasteiger partial charge in [-0.2, -0.15) is 0 Å². The quantitative estimate of drug-likeness (QED) is 0.791. The topological polar surface area (TPSA) is 75.8 Å². The van der Waals surface area contributed by atoms with E-state index in [0.717, 1.165) is 11.1 Å². The van der Waals surface area contributed by atoms with Crippen LogP contribution in [0.15, 0.2) is 24.3 Å². The first-order valence-corrected chi connectivity index (χ1v) is 7.32. The fraction of sp³-hybridized carbons (Fsp3) is 0.467. The van der Waals surface area contributed by atoms with Gasteiger partial charge in [-0.1, -0.05) is 36.5 Å². The predicted octanol–water partition coefficient (Wildman–Crippen LogP) is 0.471. The molecule has 1 saturated heterocycles. The molecule has 1 aromatic rings. The van der Waals surface area contributed by atoms with Crippen molar-refractivity contribution in [2.75, 3.05) is 19.8 Å². The van der Waals surface area contributed by atoms with Crippen molar-refractivity contribution < 1.29 is 14.6 Å². The summed E-state index contributed by atoms with van der Waals surface area (Å²) < 4.78 is 5.44. The number of thiocarbonyl (C=S) groups is 1. The number of nitrogens with zero attached hydrogens (tertiary/aromatic N) is 1. The molecule has 2 rings (SSSR count). The molecule has 21 heavy (non-hydrogen) atoms. The summed E-state index contributed by atoms with van der Waals surface area (Å²) in [5.74, 6) is 0.0346. The normalized spacial score (nSPS) is 22.1. The van der Waals surface area contributed by atoms with Crippen LogP contribution >= 0.6 is 12.2 Å². The van der Waals surface area contributed by atoms with Crippen LogP contribution in [0.5, 0.6) is 0 Å². The van der Waals surface area contributed by atoms with Crippen LogP contribution in [0.2, 0.25) is 0 Å². The molecule has 1 aliphatic heterocycles. The Kier molecular flexibility index (Phi) is 5.27. The molecule has 0 saturated carbocycles. The standard InChI is InChI=1S/C15H20N2O3S/c1-10-9-20-13(8-18)7-17(10)14(19)6-11-2-4-12(5-3-11)15(16)21/h2-5,10,13,18H,6-9H2,1H3,(H2,16,21). The fourth-order valence-corrected chi connectivity index (χ4v) is 2.47. The minimum Gasteiger partial charge on any atom is -0.394 e. The van der Waals surface area contributed by atoms with Gasteiger partial charge in [0.05, 0.1) is 31.8 Å². The average Bonchev–Trinajstić information content (AvgIpc) is 2.48. The molecule has 1 aromatic carbocycles. The second-order valence-corrected chi connectivity index (χ2v) is 5.71. The van der Waals surface area contributed by atoms with Gasteiger partial charge in [0.25, 0.3) is 0 Å². The van der Waals surface area contributed by atoms with Crippen LogP contribution in [0.4, 0.5) is 0 Å². The van der Waals surface area contributed by atoms with Crippen molar-refractivity contribution in [3.8, 4) is 0 Å². The molecule has 3 N–H and O–H groups in total. The maximum atomic E-state index is 12.4. The number of carbonyl (C=O) groups excluding carboxylic acids is 1. The number of aliphatic hydroxyl groups excluding tert-OH is 1. The zero-order chi connectivity index (χ0) is 15.4. The number of nitrogens with two attached hydrogens (primary N) is 1. The van der Waals surface area contributed by atoms with Gasteiger partial charge in [-0.15, -0.1) is 0 Å². The van der Waals surface area contributed by atoms with E-state index in [2.05, 4.69) is 0 Å². The molecular weight excluding hydrogens is 288 g/mol. The number of hydrogen-bond donors (Lipinski definition) is 2. The molecule has 6 heteroatoms. The molecule has 0 radical (unpaired) electrons. The van der Waals surface area contributed by atoms with Crippen molar-refractivity contribution in [1.82, 2.24) is 4.90 Å². The second-order valence-electron chi connectivity index (χ2n) is 5.27. The summed E-state index contributed by atoms with van der Waals surface area (Å²) in [5.41, 5.74) is 7.26. The van der Waals surface area contributed by atoms with E-state index in [4.69, 9.17) is 27.8 Å². The van der Waals surface area contributed by atoms with Crippen molar-refractivity contribution >= 4 is 23.1 Å². The van der Waals surface area contributed by atoms with Gasteiger partial charge in [0.15, 0.2) is 0 Å². The Bertz CT molecular complexity index is 518. The molecule has 1 heterocycles. The Hall–Kier alpha value is -1.50. The van der Waals surface area contributed by atoms with Gasteiger partial charge in [0, 0.05) is 12.1 Å². The number of rotatable bonds is 4. The molecular formula is C15H20N2O3S. The van der Waals surface area contributed by atoms with Crippen molar-refractivity contribution in [3.63, 3.8) is 0 Å². The Labute approximate surface area is 129 Å². The molecule has 0 aliphatic carbocycles. The molecule has 0 spiro atoms. The van der Waals surface area contributed by atoms with Crippen molar-refractivity contribution in [1.29, 1.82) is 0 Å². The summed E-state index contributed by atoms with van der Waals surface area (Å²) >= 11 is 4.90. The van der Waals surface area contributed by atoms with Gasteiger partial charge < -0.3 is 20.5 Å². The third-order valence-electron chi connectivity index (χ3n) is 3.62. The van der Waals surface area contributed by atoms with Crippen LogP contribution in [-0.4, -0.2) is 52.8 Å². The zero-order valence-corrected chi connectivity index (χ0v) is 12.8. The molecule has 2 unspecified atom stereocenters. The molecule has 0 aromatic heterocycles. The van der Waals surface area contributed by atoms with Gasteiger partial charge in [0.1, 0.15) is 4.99 Å². The minimum atomic E-state index is -0.290.